The quantitative estimate of drug-likeness (QED) is 0.856. The van der Waals surface area contributed by atoms with Crippen LogP contribution in [0.15, 0.2) is 36.5 Å². The van der Waals surface area contributed by atoms with E-state index in [1.807, 2.05) is 17.2 Å². The van der Waals surface area contributed by atoms with Crippen molar-refractivity contribution in [2.75, 3.05) is 19.7 Å². The van der Waals surface area contributed by atoms with E-state index in [9.17, 15) is 4.79 Å². The normalized spacial score (nSPS) is 26.9. The number of carbonyl (C=O) groups excluding carboxylic acids is 1. The van der Waals surface area contributed by atoms with Gasteiger partial charge < -0.3 is 9.64 Å². The third-order valence-corrected chi connectivity index (χ3v) is 6.45. The molecule has 0 bridgehead atoms. The summed E-state index contributed by atoms with van der Waals surface area (Å²) in [5.41, 5.74) is 3.39. The second-order valence-corrected chi connectivity index (χ2v) is 7.95. The number of likely N-dealkylation sites (tertiary alicyclic amines) is 1. The predicted molar refractivity (Wildman–Crippen MR) is 101 cm³/mol. The Morgan fingerprint density at radius 3 is 2.81 bits per heavy atom. The molecule has 2 N–H and O–H groups in total. The molecule has 2 atom stereocenters. The monoisotopic (exact) mass is 366 g/mol. The molecule has 6 nitrogen and oxygen atoms in total. The first kappa shape index (κ1) is 17.0. The van der Waals surface area contributed by atoms with Gasteiger partial charge in [0, 0.05) is 19.1 Å². The van der Waals surface area contributed by atoms with Gasteiger partial charge in [0.2, 0.25) is 5.91 Å². The maximum atomic E-state index is 13.0. The van der Waals surface area contributed by atoms with Crippen LogP contribution in [0.2, 0.25) is 0 Å². The number of aromatic amines is 1. The minimum Gasteiger partial charge on any atom is -0.368 e. The van der Waals surface area contributed by atoms with Gasteiger partial charge in [0.25, 0.3) is 0 Å². The molecule has 2 fully saturated rings. The molecule has 1 aromatic carbocycles. The fourth-order valence-electron chi connectivity index (χ4n) is 4.91. The van der Waals surface area contributed by atoms with Crippen molar-refractivity contribution in [2.24, 2.45) is 0 Å². The van der Waals surface area contributed by atoms with Gasteiger partial charge in [0.05, 0.1) is 24.5 Å². The van der Waals surface area contributed by atoms with Crippen LogP contribution in [0, 0.1) is 0 Å². The first-order valence-corrected chi connectivity index (χ1v) is 10.0. The highest BCUT2D eigenvalue weighted by Gasteiger charge is 2.44. The van der Waals surface area contributed by atoms with E-state index in [0.29, 0.717) is 0 Å². The Kier molecular flexibility index (Phi) is 4.25. The number of rotatable bonds is 2. The van der Waals surface area contributed by atoms with Crippen molar-refractivity contribution >= 4 is 5.91 Å². The van der Waals surface area contributed by atoms with Crippen LogP contribution in [0.5, 0.6) is 0 Å². The van der Waals surface area contributed by atoms with E-state index in [4.69, 9.17) is 4.74 Å². The Labute approximate surface area is 159 Å². The van der Waals surface area contributed by atoms with Gasteiger partial charge in [-0.3, -0.25) is 15.2 Å². The van der Waals surface area contributed by atoms with Gasteiger partial charge in [-0.25, -0.2) is 0 Å². The number of nitrogens with one attached hydrogen (secondary N) is 2. The molecule has 6 heteroatoms. The predicted octanol–water partition coefficient (Wildman–Crippen LogP) is 2.29. The van der Waals surface area contributed by atoms with Crippen LogP contribution in [0.1, 0.15) is 48.5 Å². The molecule has 0 radical (unpaired) electrons. The molecule has 142 valence electrons. The van der Waals surface area contributed by atoms with E-state index in [-0.39, 0.29) is 23.6 Å². The summed E-state index contributed by atoms with van der Waals surface area (Å²) >= 11 is 0. The highest BCUT2D eigenvalue weighted by Crippen LogP contribution is 2.40. The molecule has 2 aromatic rings. The zero-order valence-electron chi connectivity index (χ0n) is 15.5. The topological polar surface area (TPSA) is 70.2 Å². The summed E-state index contributed by atoms with van der Waals surface area (Å²) in [7, 11) is 0. The molecule has 1 aromatic heterocycles. The Balaban J connectivity index is 1.23. The number of carbonyl (C=O) groups is 1. The van der Waals surface area contributed by atoms with Crippen molar-refractivity contribution in [3.8, 4) is 0 Å². The minimum absolute atomic E-state index is 0.0701. The lowest BCUT2D eigenvalue weighted by Crippen LogP contribution is -2.52. The average molecular weight is 366 g/mol. The fourth-order valence-corrected chi connectivity index (χ4v) is 4.91. The molecule has 3 aliphatic rings. The number of amides is 1. The lowest BCUT2D eigenvalue weighted by Gasteiger charge is -2.43. The molecule has 3 aliphatic heterocycles. The minimum atomic E-state index is -0.281. The highest BCUT2D eigenvalue weighted by molar-refractivity contribution is 5.82. The molecule has 0 saturated carbocycles. The first-order chi connectivity index (χ1) is 13.3. The third-order valence-electron chi connectivity index (χ3n) is 6.45. The summed E-state index contributed by atoms with van der Waals surface area (Å²) < 4.78 is 6.19. The van der Waals surface area contributed by atoms with Crippen molar-refractivity contribution in [3.63, 3.8) is 0 Å². The van der Waals surface area contributed by atoms with E-state index < -0.39 is 0 Å². The Morgan fingerprint density at radius 1 is 1.19 bits per heavy atom. The number of H-pyrrole nitrogens is 1. The summed E-state index contributed by atoms with van der Waals surface area (Å²) in [5, 5.41) is 10.9. The summed E-state index contributed by atoms with van der Waals surface area (Å²) in [4.78, 5) is 15.1. The van der Waals surface area contributed by atoms with Gasteiger partial charge >= 0.3 is 0 Å². The molecule has 2 saturated heterocycles. The number of nitrogens with zero attached hydrogens (tertiary/aromatic N) is 2. The number of hydrogen-bond donors (Lipinski definition) is 2. The van der Waals surface area contributed by atoms with Crippen molar-refractivity contribution in [2.45, 2.75) is 49.8 Å². The summed E-state index contributed by atoms with van der Waals surface area (Å²) in [6.07, 6.45) is 6.43. The molecular weight excluding hydrogens is 340 g/mol. The van der Waals surface area contributed by atoms with Crippen LogP contribution in [-0.2, 0) is 21.6 Å². The summed E-state index contributed by atoms with van der Waals surface area (Å²) in [6.45, 7) is 2.22. The van der Waals surface area contributed by atoms with Crippen molar-refractivity contribution in [1.29, 1.82) is 0 Å². The second-order valence-electron chi connectivity index (χ2n) is 7.95. The number of ether oxygens (including phenoxy) is 1. The second kappa shape index (κ2) is 6.77. The summed E-state index contributed by atoms with van der Waals surface area (Å²) in [6, 6.07) is 10.6. The van der Waals surface area contributed by atoms with Crippen LogP contribution < -0.4 is 5.32 Å². The Hall–Kier alpha value is -2.18. The number of aromatic nitrogens is 2. The van der Waals surface area contributed by atoms with Gasteiger partial charge in [-0.05, 0) is 43.2 Å². The Bertz CT molecular complexity index is 811. The highest BCUT2D eigenvalue weighted by atomic mass is 16.5. The largest absolute Gasteiger partial charge is 0.368 e. The maximum absolute atomic E-state index is 13.0. The lowest BCUT2D eigenvalue weighted by atomic mass is 9.83. The number of piperidine rings is 1. The van der Waals surface area contributed by atoms with E-state index in [1.54, 1.807) is 0 Å². The van der Waals surface area contributed by atoms with Crippen LogP contribution >= 0.6 is 0 Å². The van der Waals surface area contributed by atoms with E-state index in [2.05, 4.69) is 39.8 Å². The van der Waals surface area contributed by atoms with Gasteiger partial charge in [-0.1, -0.05) is 30.3 Å². The van der Waals surface area contributed by atoms with Gasteiger partial charge in [-0.15, -0.1) is 0 Å². The standard InChI is InChI=1S/C21H26N4O2/c26-20(18-7-6-17(23-18)15-4-2-1-3-5-15)25-11-9-21(10-12-25)19-16(8-13-27-21)14-22-24-19/h1-5,14,17-18,23H,6-13H2,(H,22,24)/t17-,18-/m1/s1. The fraction of sp³-hybridized carbons (Fsp3) is 0.524. The van der Waals surface area contributed by atoms with Gasteiger partial charge in [0.1, 0.15) is 5.60 Å². The van der Waals surface area contributed by atoms with E-state index in [0.717, 1.165) is 57.5 Å². The Morgan fingerprint density at radius 2 is 2.00 bits per heavy atom. The molecule has 0 unspecified atom stereocenters. The lowest BCUT2D eigenvalue weighted by molar-refractivity contribution is -0.143. The zero-order valence-corrected chi connectivity index (χ0v) is 15.5. The third kappa shape index (κ3) is 2.97. The summed E-state index contributed by atoms with van der Waals surface area (Å²) in [5.74, 6) is 0.240. The van der Waals surface area contributed by atoms with Crippen molar-refractivity contribution in [3.05, 3.63) is 53.3 Å². The van der Waals surface area contributed by atoms with Crippen LogP contribution in [0.4, 0.5) is 0 Å². The smallest absolute Gasteiger partial charge is 0.239 e. The molecule has 5 rings (SSSR count). The van der Waals surface area contributed by atoms with Crippen molar-refractivity contribution in [1.82, 2.24) is 20.4 Å². The average Bonchev–Trinajstić information content (AvgIpc) is 3.39. The number of benzene rings is 1. The molecule has 0 aliphatic carbocycles. The number of hydrogen-bond acceptors (Lipinski definition) is 4. The number of fused-ring (bicyclic) bond motifs is 2. The van der Waals surface area contributed by atoms with Crippen molar-refractivity contribution < 1.29 is 9.53 Å². The molecule has 1 spiro atoms. The van der Waals surface area contributed by atoms with E-state index in [1.165, 1.54) is 11.1 Å². The van der Waals surface area contributed by atoms with Crippen LogP contribution in [0.3, 0.4) is 0 Å². The first-order valence-electron chi connectivity index (χ1n) is 10.0. The molecule has 1 amide bonds. The van der Waals surface area contributed by atoms with Gasteiger partial charge in [-0.2, -0.15) is 5.10 Å². The SMILES string of the molecule is O=C([C@H]1CC[C@H](c2ccccc2)N1)N1CCC2(CC1)OCCc1cn[nH]c12. The maximum Gasteiger partial charge on any atom is 0.239 e. The molecule has 27 heavy (non-hydrogen) atoms. The molecular formula is C21H26N4O2. The van der Waals surface area contributed by atoms with Crippen LogP contribution in [0.25, 0.3) is 0 Å². The van der Waals surface area contributed by atoms with E-state index >= 15 is 0 Å². The zero-order chi connectivity index (χ0) is 18.3. The van der Waals surface area contributed by atoms with Gasteiger partial charge in [0.15, 0.2) is 0 Å². The molecule has 4 heterocycles. The van der Waals surface area contributed by atoms with Crippen LogP contribution in [-0.4, -0.2) is 46.7 Å².